The molecule has 6 rings (SSSR count). The number of nitrogens with one attached hydrogen (secondary N) is 2. The number of methoxy groups -OCH3 is 1. The smallest absolute Gasteiger partial charge is 0.274 e. The number of anilines is 1. The number of fused-ring (bicyclic) bond motifs is 1. The van der Waals surface area contributed by atoms with E-state index < -0.39 is 5.82 Å². The molecule has 2 aliphatic heterocycles. The number of halogens is 1. The summed E-state index contributed by atoms with van der Waals surface area (Å²) in [6.45, 7) is 5.21. The van der Waals surface area contributed by atoms with E-state index in [1.165, 1.54) is 13.2 Å². The van der Waals surface area contributed by atoms with E-state index in [4.69, 9.17) is 9.47 Å². The monoisotopic (exact) mass is 523 g/mol. The van der Waals surface area contributed by atoms with E-state index in [1.54, 1.807) is 16.9 Å². The summed E-state index contributed by atoms with van der Waals surface area (Å²) in [5, 5.41) is 14.3. The van der Waals surface area contributed by atoms with E-state index in [0.717, 1.165) is 32.0 Å². The third-order valence-corrected chi connectivity index (χ3v) is 7.82. The van der Waals surface area contributed by atoms with Crippen molar-refractivity contribution in [2.45, 2.75) is 63.6 Å². The number of amides is 2. The SMILES string of the molecule is COc1cc(-c2cc(C(=O)N3CC[C@H](C(=O)Nc4cnn5c4OC(C)(C)CC5)CC34CC4)n[nH]2)c(F)cn1. The summed E-state index contributed by atoms with van der Waals surface area (Å²) in [6, 6.07) is 2.99. The summed E-state index contributed by atoms with van der Waals surface area (Å²) in [7, 11) is 1.45. The van der Waals surface area contributed by atoms with Crippen LogP contribution in [0.15, 0.2) is 24.5 Å². The highest BCUT2D eigenvalue weighted by molar-refractivity contribution is 5.96. The molecule has 1 spiro atoms. The second kappa shape index (κ2) is 8.81. The topological polar surface area (TPSA) is 127 Å². The number of nitrogens with zero attached hydrogens (tertiary/aromatic N) is 5. The van der Waals surface area contributed by atoms with Crippen LogP contribution in [0.1, 0.15) is 56.4 Å². The van der Waals surface area contributed by atoms with Crippen LogP contribution in [-0.4, -0.2) is 66.5 Å². The molecule has 38 heavy (non-hydrogen) atoms. The highest BCUT2D eigenvalue weighted by Gasteiger charge is 2.54. The minimum absolute atomic E-state index is 0.0877. The first-order valence-corrected chi connectivity index (χ1v) is 12.8. The van der Waals surface area contributed by atoms with E-state index in [0.29, 0.717) is 36.6 Å². The lowest BCUT2D eigenvalue weighted by Gasteiger charge is -2.39. The Bertz CT molecular complexity index is 1410. The number of carbonyl (C=O) groups excluding carboxylic acids is 2. The number of ether oxygens (including phenoxy) is 2. The highest BCUT2D eigenvalue weighted by Crippen LogP contribution is 2.51. The lowest BCUT2D eigenvalue weighted by molar-refractivity contribution is -0.122. The van der Waals surface area contributed by atoms with E-state index in [-0.39, 0.29) is 46.0 Å². The summed E-state index contributed by atoms with van der Waals surface area (Å²) in [4.78, 5) is 32.4. The number of likely N-dealkylation sites (tertiary alicyclic amines) is 1. The van der Waals surface area contributed by atoms with Gasteiger partial charge in [-0.15, -0.1) is 0 Å². The first kappa shape index (κ1) is 24.4. The van der Waals surface area contributed by atoms with Gasteiger partial charge in [0.15, 0.2) is 11.5 Å². The molecule has 2 amide bonds. The minimum Gasteiger partial charge on any atom is -0.481 e. The molecule has 0 radical (unpaired) electrons. The predicted octanol–water partition coefficient (Wildman–Crippen LogP) is 3.40. The van der Waals surface area contributed by atoms with Gasteiger partial charge in [-0.1, -0.05) is 0 Å². The van der Waals surface area contributed by atoms with Gasteiger partial charge in [0, 0.05) is 42.6 Å². The molecule has 11 nitrogen and oxygen atoms in total. The number of piperidine rings is 1. The maximum absolute atomic E-state index is 14.4. The van der Waals surface area contributed by atoms with Crippen molar-refractivity contribution in [3.05, 3.63) is 36.0 Å². The number of pyridine rings is 1. The maximum atomic E-state index is 14.4. The second-order valence-electron chi connectivity index (χ2n) is 10.9. The molecule has 2 fully saturated rings. The van der Waals surface area contributed by atoms with Gasteiger partial charge in [0.05, 0.1) is 25.2 Å². The Kier molecular flexibility index (Phi) is 5.65. The van der Waals surface area contributed by atoms with Crippen LogP contribution in [0.5, 0.6) is 11.8 Å². The summed E-state index contributed by atoms with van der Waals surface area (Å²) < 4.78 is 27.3. The van der Waals surface area contributed by atoms with E-state index in [2.05, 4.69) is 25.6 Å². The van der Waals surface area contributed by atoms with Crippen LogP contribution in [-0.2, 0) is 11.3 Å². The molecular weight excluding hydrogens is 493 g/mol. The van der Waals surface area contributed by atoms with E-state index in [1.807, 2.05) is 18.7 Å². The Morgan fingerprint density at radius 3 is 2.79 bits per heavy atom. The van der Waals surface area contributed by atoms with Crippen molar-refractivity contribution < 1.29 is 23.5 Å². The average molecular weight is 524 g/mol. The van der Waals surface area contributed by atoms with Crippen molar-refractivity contribution in [3.8, 4) is 23.0 Å². The van der Waals surface area contributed by atoms with Gasteiger partial charge in [0.2, 0.25) is 17.7 Å². The number of H-pyrrole nitrogens is 1. The quantitative estimate of drug-likeness (QED) is 0.525. The van der Waals surface area contributed by atoms with Gasteiger partial charge in [-0.05, 0) is 45.6 Å². The van der Waals surface area contributed by atoms with Crippen molar-refractivity contribution in [2.24, 2.45) is 5.92 Å². The van der Waals surface area contributed by atoms with Gasteiger partial charge in [-0.3, -0.25) is 14.7 Å². The Hall–Kier alpha value is -3.96. The molecule has 3 aromatic rings. The number of aromatic amines is 1. The van der Waals surface area contributed by atoms with Crippen molar-refractivity contribution in [1.29, 1.82) is 0 Å². The fourth-order valence-electron chi connectivity index (χ4n) is 5.45. The Balaban J connectivity index is 1.14. The van der Waals surface area contributed by atoms with Crippen LogP contribution in [0.4, 0.5) is 10.1 Å². The van der Waals surface area contributed by atoms with Crippen molar-refractivity contribution in [3.63, 3.8) is 0 Å². The lowest BCUT2D eigenvalue weighted by atomic mass is 9.88. The van der Waals surface area contributed by atoms with Gasteiger partial charge in [0.1, 0.15) is 11.3 Å². The van der Waals surface area contributed by atoms with Gasteiger partial charge >= 0.3 is 0 Å². The Morgan fingerprint density at radius 2 is 2.03 bits per heavy atom. The fraction of sp³-hybridized carbons (Fsp3) is 0.500. The second-order valence-corrected chi connectivity index (χ2v) is 10.9. The predicted molar refractivity (Wildman–Crippen MR) is 134 cm³/mol. The lowest BCUT2D eigenvalue weighted by Crippen LogP contribution is -2.50. The van der Waals surface area contributed by atoms with Crippen molar-refractivity contribution in [2.75, 3.05) is 19.0 Å². The average Bonchev–Trinajstić information content (AvgIpc) is 3.31. The molecule has 0 bridgehead atoms. The van der Waals surface area contributed by atoms with Crippen LogP contribution in [0.25, 0.3) is 11.3 Å². The molecule has 0 aromatic carbocycles. The van der Waals surface area contributed by atoms with Crippen LogP contribution in [0.3, 0.4) is 0 Å². The molecule has 1 aliphatic carbocycles. The molecule has 0 unspecified atom stereocenters. The zero-order valence-corrected chi connectivity index (χ0v) is 21.6. The van der Waals surface area contributed by atoms with E-state index >= 15 is 0 Å². The molecule has 3 aliphatic rings. The van der Waals surface area contributed by atoms with Gasteiger partial charge < -0.3 is 19.7 Å². The number of aryl methyl sites for hydroxylation is 1. The molecule has 1 saturated heterocycles. The first-order valence-electron chi connectivity index (χ1n) is 12.8. The Morgan fingerprint density at radius 1 is 1.21 bits per heavy atom. The number of carbonyl (C=O) groups is 2. The standard InChI is InChI=1S/C26H30FN7O4/c1-25(2)7-9-34-24(38-25)20(14-29-34)30-22(35)15-4-8-33(26(12-15)5-6-26)23(36)19-11-18(31-32-19)16-10-21(37-3)28-13-17(16)27/h10-11,13-15H,4-9,12H2,1-3H3,(H,30,35)(H,31,32)/t15-/m0/s1. The maximum Gasteiger partial charge on any atom is 0.274 e. The molecule has 12 heteroatoms. The summed E-state index contributed by atoms with van der Waals surface area (Å²) >= 11 is 0. The van der Waals surface area contributed by atoms with Gasteiger partial charge in [0.25, 0.3) is 5.91 Å². The number of aromatic nitrogens is 5. The normalized spacial score (nSPS) is 20.9. The minimum atomic E-state index is -0.549. The fourth-order valence-corrected chi connectivity index (χ4v) is 5.45. The largest absolute Gasteiger partial charge is 0.481 e. The van der Waals surface area contributed by atoms with Crippen LogP contribution < -0.4 is 14.8 Å². The summed E-state index contributed by atoms with van der Waals surface area (Å²) in [6.07, 6.45) is 6.31. The molecule has 2 N–H and O–H groups in total. The van der Waals surface area contributed by atoms with E-state index in [9.17, 15) is 14.0 Å². The van der Waals surface area contributed by atoms with Gasteiger partial charge in [-0.25, -0.2) is 14.1 Å². The number of hydrogen-bond acceptors (Lipinski definition) is 7. The number of hydrogen-bond donors (Lipinski definition) is 2. The van der Waals surface area contributed by atoms with Crippen LogP contribution in [0, 0.1) is 11.7 Å². The zero-order valence-electron chi connectivity index (χ0n) is 21.6. The molecule has 1 saturated carbocycles. The van der Waals surface area contributed by atoms with Crippen molar-refractivity contribution in [1.82, 2.24) is 29.9 Å². The molecule has 1 atom stereocenters. The van der Waals surface area contributed by atoms with Crippen LogP contribution >= 0.6 is 0 Å². The molecular formula is C26H30FN7O4. The highest BCUT2D eigenvalue weighted by atomic mass is 19.1. The van der Waals surface area contributed by atoms with Crippen molar-refractivity contribution >= 4 is 17.5 Å². The zero-order chi connectivity index (χ0) is 26.7. The third kappa shape index (κ3) is 4.27. The molecule has 200 valence electrons. The third-order valence-electron chi connectivity index (χ3n) is 7.82. The molecule has 5 heterocycles. The Labute approximate surface area is 218 Å². The molecule has 3 aromatic heterocycles. The van der Waals surface area contributed by atoms with Crippen LogP contribution in [0.2, 0.25) is 0 Å². The number of rotatable bonds is 5. The summed E-state index contributed by atoms with van der Waals surface area (Å²) in [5.74, 6) is -0.259. The van der Waals surface area contributed by atoms with Gasteiger partial charge in [-0.2, -0.15) is 10.2 Å². The first-order chi connectivity index (χ1) is 18.2. The summed E-state index contributed by atoms with van der Waals surface area (Å²) in [5.41, 5.74) is 0.681.